The van der Waals surface area contributed by atoms with Crippen LogP contribution in [0.15, 0.2) is 18.3 Å². The molecule has 0 spiro atoms. The molecule has 1 aromatic rings. The first-order chi connectivity index (χ1) is 5.63. The molecule has 2 heteroatoms. The highest BCUT2D eigenvalue weighted by molar-refractivity contribution is 5.98. The average Bonchev–Trinajstić information content (AvgIpc) is 2.04. The van der Waals surface area contributed by atoms with Crippen LogP contribution in [0.1, 0.15) is 29.9 Å². The van der Waals surface area contributed by atoms with E-state index < -0.39 is 0 Å². The maximum Gasteiger partial charge on any atom is 0.167 e. The van der Waals surface area contributed by atoms with Crippen molar-refractivity contribution in [2.75, 3.05) is 0 Å². The summed E-state index contributed by atoms with van der Waals surface area (Å²) in [6.45, 7) is 5.65. The molecule has 0 bridgehead atoms. The number of Topliss-reactive ketones (excluding diaryl/α,β-unsaturated/α-hetero) is 1. The molecule has 0 N–H and O–H groups in total. The monoisotopic (exact) mass is 163 g/mol. The first-order valence-corrected chi connectivity index (χ1v) is 4.08. The second-order valence-corrected chi connectivity index (χ2v) is 3.16. The molecule has 0 atom stereocenters. The lowest BCUT2D eigenvalue weighted by atomic mass is 10.0. The maximum absolute atomic E-state index is 11.5. The highest BCUT2D eigenvalue weighted by Crippen LogP contribution is 2.10. The normalized spacial score (nSPS) is 10.3. The SMILES string of the molecule is Cc1ncccc1C(=O)C(C)C. The number of pyridine rings is 1. The van der Waals surface area contributed by atoms with E-state index in [0.29, 0.717) is 0 Å². The van der Waals surface area contributed by atoms with Crippen LogP contribution in [0.3, 0.4) is 0 Å². The Bertz CT molecular complexity index is 292. The summed E-state index contributed by atoms with van der Waals surface area (Å²) < 4.78 is 0. The molecular weight excluding hydrogens is 150 g/mol. The van der Waals surface area contributed by atoms with E-state index in [4.69, 9.17) is 0 Å². The number of ketones is 1. The van der Waals surface area contributed by atoms with Gasteiger partial charge in [0, 0.05) is 23.4 Å². The summed E-state index contributed by atoms with van der Waals surface area (Å²) in [4.78, 5) is 15.6. The second kappa shape index (κ2) is 3.48. The molecule has 0 amide bonds. The molecule has 0 aromatic carbocycles. The Morgan fingerprint density at radius 1 is 1.50 bits per heavy atom. The van der Waals surface area contributed by atoms with Crippen molar-refractivity contribution in [2.45, 2.75) is 20.8 Å². The van der Waals surface area contributed by atoms with Crippen molar-refractivity contribution in [1.29, 1.82) is 0 Å². The minimum absolute atomic E-state index is 0.0490. The van der Waals surface area contributed by atoms with E-state index in [-0.39, 0.29) is 11.7 Å². The van der Waals surface area contributed by atoms with Gasteiger partial charge in [0.2, 0.25) is 0 Å². The van der Waals surface area contributed by atoms with Gasteiger partial charge in [0.15, 0.2) is 5.78 Å². The van der Waals surface area contributed by atoms with Gasteiger partial charge in [0.1, 0.15) is 0 Å². The number of hydrogen-bond donors (Lipinski definition) is 0. The van der Waals surface area contributed by atoms with Crippen molar-refractivity contribution in [1.82, 2.24) is 4.98 Å². The van der Waals surface area contributed by atoms with Gasteiger partial charge in [0.25, 0.3) is 0 Å². The molecule has 0 unspecified atom stereocenters. The Morgan fingerprint density at radius 2 is 2.17 bits per heavy atom. The van der Waals surface area contributed by atoms with Gasteiger partial charge in [-0.1, -0.05) is 13.8 Å². The minimum Gasteiger partial charge on any atom is -0.294 e. The van der Waals surface area contributed by atoms with Gasteiger partial charge >= 0.3 is 0 Å². The number of carbonyl (C=O) groups excluding carboxylic acids is 1. The summed E-state index contributed by atoms with van der Waals surface area (Å²) in [5.41, 5.74) is 1.56. The van der Waals surface area contributed by atoms with Crippen molar-refractivity contribution >= 4 is 5.78 Å². The van der Waals surface area contributed by atoms with Crippen LogP contribution in [0.2, 0.25) is 0 Å². The third-order valence-electron chi connectivity index (χ3n) is 1.80. The lowest BCUT2D eigenvalue weighted by molar-refractivity contribution is 0.0938. The van der Waals surface area contributed by atoms with Gasteiger partial charge in [0.05, 0.1) is 0 Å². The minimum atomic E-state index is 0.0490. The molecule has 0 aliphatic heterocycles. The predicted molar refractivity (Wildman–Crippen MR) is 48.1 cm³/mol. The molecule has 12 heavy (non-hydrogen) atoms. The van der Waals surface area contributed by atoms with Crippen LogP contribution in [0.5, 0.6) is 0 Å². The first-order valence-electron chi connectivity index (χ1n) is 4.08. The van der Waals surface area contributed by atoms with E-state index in [0.717, 1.165) is 11.3 Å². The van der Waals surface area contributed by atoms with Gasteiger partial charge in [-0.25, -0.2) is 0 Å². The summed E-state index contributed by atoms with van der Waals surface area (Å²) in [5.74, 6) is 0.216. The van der Waals surface area contributed by atoms with Crippen LogP contribution >= 0.6 is 0 Å². The average molecular weight is 163 g/mol. The highest BCUT2D eigenvalue weighted by Gasteiger charge is 2.12. The Kier molecular flexibility index (Phi) is 2.58. The molecule has 0 radical (unpaired) electrons. The van der Waals surface area contributed by atoms with E-state index in [1.807, 2.05) is 26.8 Å². The van der Waals surface area contributed by atoms with E-state index in [2.05, 4.69) is 4.98 Å². The number of aromatic nitrogens is 1. The molecule has 0 aliphatic carbocycles. The van der Waals surface area contributed by atoms with E-state index in [1.54, 1.807) is 12.3 Å². The fraction of sp³-hybridized carbons (Fsp3) is 0.400. The number of rotatable bonds is 2. The lowest BCUT2D eigenvalue weighted by Gasteiger charge is -2.05. The van der Waals surface area contributed by atoms with Crippen molar-refractivity contribution in [2.24, 2.45) is 5.92 Å². The molecule has 0 fully saturated rings. The second-order valence-electron chi connectivity index (χ2n) is 3.16. The van der Waals surface area contributed by atoms with E-state index >= 15 is 0 Å². The third kappa shape index (κ3) is 1.70. The molecule has 2 nitrogen and oxygen atoms in total. The van der Waals surface area contributed by atoms with Crippen molar-refractivity contribution in [3.05, 3.63) is 29.6 Å². The molecule has 1 heterocycles. The highest BCUT2D eigenvalue weighted by atomic mass is 16.1. The summed E-state index contributed by atoms with van der Waals surface area (Å²) in [7, 11) is 0. The van der Waals surface area contributed by atoms with Gasteiger partial charge in [-0.05, 0) is 19.1 Å². The largest absolute Gasteiger partial charge is 0.294 e. The Balaban J connectivity index is 3.03. The predicted octanol–water partition coefficient (Wildman–Crippen LogP) is 2.23. The Labute approximate surface area is 72.6 Å². The fourth-order valence-corrected chi connectivity index (χ4v) is 1.06. The first kappa shape index (κ1) is 8.91. The van der Waals surface area contributed by atoms with Crippen LogP contribution in [0.4, 0.5) is 0 Å². The zero-order valence-electron chi connectivity index (χ0n) is 7.66. The van der Waals surface area contributed by atoms with Crippen LogP contribution in [-0.4, -0.2) is 10.8 Å². The van der Waals surface area contributed by atoms with Crippen molar-refractivity contribution in [3.63, 3.8) is 0 Å². The summed E-state index contributed by atoms with van der Waals surface area (Å²) in [6, 6.07) is 3.62. The summed E-state index contributed by atoms with van der Waals surface area (Å²) in [5, 5.41) is 0. The smallest absolute Gasteiger partial charge is 0.167 e. The Hall–Kier alpha value is -1.18. The topological polar surface area (TPSA) is 30.0 Å². The maximum atomic E-state index is 11.5. The molecule has 0 saturated carbocycles. The summed E-state index contributed by atoms with van der Waals surface area (Å²) >= 11 is 0. The molecule has 1 rings (SSSR count). The van der Waals surface area contributed by atoms with Crippen LogP contribution in [0.25, 0.3) is 0 Å². The summed E-state index contributed by atoms with van der Waals surface area (Å²) in [6.07, 6.45) is 1.70. The van der Waals surface area contributed by atoms with E-state index in [1.165, 1.54) is 0 Å². The molecule has 0 saturated heterocycles. The van der Waals surface area contributed by atoms with Crippen LogP contribution < -0.4 is 0 Å². The fourth-order valence-electron chi connectivity index (χ4n) is 1.06. The number of nitrogens with zero attached hydrogens (tertiary/aromatic N) is 1. The molecular formula is C10H13NO. The van der Waals surface area contributed by atoms with E-state index in [9.17, 15) is 4.79 Å². The van der Waals surface area contributed by atoms with Gasteiger partial charge in [-0.15, -0.1) is 0 Å². The quantitative estimate of drug-likeness (QED) is 0.626. The van der Waals surface area contributed by atoms with Crippen molar-refractivity contribution in [3.8, 4) is 0 Å². The number of aryl methyl sites for hydroxylation is 1. The zero-order valence-corrected chi connectivity index (χ0v) is 7.66. The third-order valence-corrected chi connectivity index (χ3v) is 1.80. The molecule has 1 aromatic heterocycles. The lowest BCUT2D eigenvalue weighted by Crippen LogP contribution is -2.09. The number of carbonyl (C=O) groups is 1. The van der Waals surface area contributed by atoms with Gasteiger partial charge in [-0.3, -0.25) is 9.78 Å². The zero-order chi connectivity index (χ0) is 9.14. The van der Waals surface area contributed by atoms with Gasteiger partial charge in [-0.2, -0.15) is 0 Å². The number of hydrogen-bond acceptors (Lipinski definition) is 2. The van der Waals surface area contributed by atoms with Crippen LogP contribution in [0, 0.1) is 12.8 Å². The Morgan fingerprint density at radius 3 is 2.67 bits per heavy atom. The molecule has 64 valence electrons. The molecule has 0 aliphatic rings. The van der Waals surface area contributed by atoms with Crippen LogP contribution in [-0.2, 0) is 0 Å². The van der Waals surface area contributed by atoms with Gasteiger partial charge < -0.3 is 0 Å². The van der Waals surface area contributed by atoms with Crippen molar-refractivity contribution < 1.29 is 4.79 Å². The standard InChI is InChI=1S/C10H13NO/c1-7(2)10(12)9-5-4-6-11-8(9)3/h4-7H,1-3H3.